The molecule has 1 atom stereocenters. The first-order valence-corrected chi connectivity index (χ1v) is 8.29. The third-order valence-electron chi connectivity index (χ3n) is 4.41. The van der Waals surface area contributed by atoms with Crippen molar-refractivity contribution in [3.8, 4) is 0 Å². The van der Waals surface area contributed by atoms with Gasteiger partial charge in [0.1, 0.15) is 5.82 Å². The average Bonchev–Trinajstić information content (AvgIpc) is 3.35. The Morgan fingerprint density at radius 2 is 1.96 bits per heavy atom. The molecular formula is C18H18F4N4O. The number of para-hydroxylation sites is 1. The molecular weight excluding hydrogens is 364 g/mol. The zero-order valence-corrected chi connectivity index (χ0v) is 14.4. The van der Waals surface area contributed by atoms with Crippen LogP contribution in [0.2, 0.25) is 0 Å². The second-order valence-electron chi connectivity index (χ2n) is 6.61. The maximum Gasteiger partial charge on any atom is 0.418 e. The van der Waals surface area contributed by atoms with Gasteiger partial charge in [-0.15, -0.1) is 0 Å². The Kier molecular flexibility index (Phi) is 4.81. The monoisotopic (exact) mass is 382 g/mol. The quantitative estimate of drug-likeness (QED) is 0.690. The van der Waals surface area contributed by atoms with E-state index in [-0.39, 0.29) is 11.6 Å². The first-order chi connectivity index (χ1) is 12.6. The molecule has 1 aromatic carbocycles. The van der Waals surface area contributed by atoms with E-state index in [4.69, 9.17) is 5.73 Å². The highest BCUT2D eigenvalue weighted by Gasteiger charge is 2.46. The lowest BCUT2D eigenvalue weighted by molar-refractivity contribution is -0.137. The smallest absolute Gasteiger partial charge is 0.351 e. The van der Waals surface area contributed by atoms with Crippen LogP contribution in [0, 0.1) is 5.82 Å². The second-order valence-corrected chi connectivity index (χ2v) is 6.61. The summed E-state index contributed by atoms with van der Waals surface area (Å²) in [5.41, 5.74) is 3.92. The molecule has 1 aromatic heterocycles. The molecule has 27 heavy (non-hydrogen) atoms. The summed E-state index contributed by atoms with van der Waals surface area (Å²) in [6.45, 7) is 1.72. The third kappa shape index (κ3) is 4.19. The molecule has 0 aliphatic heterocycles. The largest absolute Gasteiger partial charge is 0.418 e. The standard InChI is InChI=1S/C18H18F4N4O/c1-10(25-16(27)17(23)7-8-17)14-6-5-11(9-24-14)26-15-12(18(20,21)22)3-2-4-13(15)19/h2-6,9-10,26H,7-8,23H2,1H3,(H,25,27). The Balaban J connectivity index is 1.74. The van der Waals surface area contributed by atoms with Crippen molar-refractivity contribution in [2.45, 2.75) is 37.5 Å². The zero-order valence-electron chi connectivity index (χ0n) is 14.4. The first-order valence-electron chi connectivity index (χ1n) is 8.29. The normalized spacial score (nSPS) is 16.5. The number of nitrogens with two attached hydrogens (primary N) is 1. The number of carbonyl (C=O) groups is 1. The number of nitrogens with zero attached hydrogens (tertiary/aromatic N) is 1. The number of benzene rings is 1. The summed E-state index contributed by atoms with van der Waals surface area (Å²) >= 11 is 0. The number of pyridine rings is 1. The lowest BCUT2D eigenvalue weighted by Crippen LogP contribution is -2.43. The molecule has 1 fully saturated rings. The SMILES string of the molecule is CC(NC(=O)C1(N)CC1)c1ccc(Nc2c(F)cccc2C(F)(F)F)cn1. The van der Waals surface area contributed by atoms with Gasteiger partial charge < -0.3 is 16.4 Å². The molecule has 9 heteroatoms. The van der Waals surface area contributed by atoms with Gasteiger partial charge in [0, 0.05) is 0 Å². The Morgan fingerprint density at radius 1 is 1.26 bits per heavy atom. The van der Waals surface area contributed by atoms with E-state index >= 15 is 0 Å². The number of rotatable bonds is 5. The fourth-order valence-electron chi connectivity index (χ4n) is 2.54. The maximum absolute atomic E-state index is 13.9. The number of nitrogens with one attached hydrogen (secondary N) is 2. The van der Waals surface area contributed by atoms with E-state index in [9.17, 15) is 22.4 Å². The van der Waals surface area contributed by atoms with Crippen molar-refractivity contribution < 1.29 is 22.4 Å². The van der Waals surface area contributed by atoms with Crippen LogP contribution in [0.4, 0.5) is 28.9 Å². The molecule has 4 N–H and O–H groups in total. The van der Waals surface area contributed by atoms with E-state index in [1.165, 1.54) is 18.3 Å². The lowest BCUT2D eigenvalue weighted by Gasteiger charge is -2.18. The Labute approximate surface area is 153 Å². The van der Waals surface area contributed by atoms with Gasteiger partial charge in [-0.3, -0.25) is 9.78 Å². The van der Waals surface area contributed by atoms with Crippen LogP contribution < -0.4 is 16.4 Å². The Hall–Kier alpha value is -2.68. The van der Waals surface area contributed by atoms with Crippen molar-refractivity contribution in [1.29, 1.82) is 0 Å². The minimum Gasteiger partial charge on any atom is -0.351 e. The minimum absolute atomic E-state index is 0.186. The first kappa shape index (κ1) is 19.1. The fourth-order valence-corrected chi connectivity index (χ4v) is 2.54. The van der Waals surface area contributed by atoms with Crippen LogP contribution >= 0.6 is 0 Å². The number of hydrogen-bond donors (Lipinski definition) is 3. The molecule has 0 radical (unpaired) electrons. The van der Waals surface area contributed by atoms with Gasteiger partial charge in [0.15, 0.2) is 0 Å². The summed E-state index contributed by atoms with van der Waals surface area (Å²) in [4.78, 5) is 16.1. The summed E-state index contributed by atoms with van der Waals surface area (Å²) in [7, 11) is 0. The summed E-state index contributed by atoms with van der Waals surface area (Å²) in [5.74, 6) is -1.28. The van der Waals surface area contributed by atoms with Crippen molar-refractivity contribution in [2.75, 3.05) is 5.32 Å². The lowest BCUT2D eigenvalue weighted by atomic mass is 10.1. The molecule has 1 amide bonds. The Morgan fingerprint density at radius 3 is 2.52 bits per heavy atom. The topological polar surface area (TPSA) is 80.0 Å². The summed E-state index contributed by atoms with van der Waals surface area (Å²) in [6.07, 6.45) is -2.16. The molecule has 1 aliphatic rings. The summed E-state index contributed by atoms with van der Waals surface area (Å²) in [6, 6.07) is 5.32. The van der Waals surface area contributed by atoms with E-state index in [0.717, 1.165) is 18.2 Å². The van der Waals surface area contributed by atoms with Gasteiger partial charge in [-0.2, -0.15) is 13.2 Å². The molecule has 1 aliphatic carbocycles. The van der Waals surface area contributed by atoms with E-state index < -0.39 is 34.8 Å². The van der Waals surface area contributed by atoms with Crippen LogP contribution in [-0.4, -0.2) is 16.4 Å². The van der Waals surface area contributed by atoms with Gasteiger partial charge in [-0.25, -0.2) is 4.39 Å². The number of aromatic nitrogens is 1. The minimum atomic E-state index is -4.70. The third-order valence-corrected chi connectivity index (χ3v) is 4.41. The van der Waals surface area contributed by atoms with Gasteiger partial charge in [-0.05, 0) is 44.0 Å². The van der Waals surface area contributed by atoms with Crippen molar-refractivity contribution in [3.05, 3.63) is 53.6 Å². The van der Waals surface area contributed by atoms with Gasteiger partial charge in [0.05, 0.1) is 40.4 Å². The molecule has 0 saturated heterocycles. The van der Waals surface area contributed by atoms with Crippen LogP contribution in [0.3, 0.4) is 0 Å². The second kappa shape index (κ2) is 6.80. The van der Waals surface area contributed by atoms with Crippen molar-refractivity contribution >= 4 is 17.3 Å². The molecule has 1 unspecified atom stereocenters. The van der Waals surface area contributed by atoms with Crippen LogP contribution in [-0.2, 0) is 11.0 Å². The van der Waals surface area contributed by atoms with E-state index in [1.54, 1.807) is 6.92 Å². The molecule has 144 valence electrons. The Bertz CT molecular complexity index is 847. The molecule has 3 rings (SSSR count). The maximum atomic E-state index is 13.9. The molecule has 5 nitrogen and oxygen atoms in total. The predicted molar refractivity (Wildman–Crippen MR) is 91.6 cm³/mol. The number of amides is 1. The number of carbonyl (C=O) groups excluding carboxylic acids is 1. The number of alkyl halides is 3. The van der Waals surface area contributed by atoms with E-state index in [1.807, 2.05) is 0 Å². The van der Waals surface area contributed by atoms with E-state index in [2.05, 4.69) is 15.6 Å². The highest BCUT2D eigenvalue weighted by molar-refractivity contribution is 5.89. The number of halogens is 4. The highest BCUT2D eigenvalue weighted by atomic mass is 19.4. The molecule has 0 bridgehead atoms. The number of hydrogen-bond acceptors (Lipinski definition) is 4. The molecule has 0 spiro atoms. The van der Waals surface area contributed by atoms with Gasteiger partial charge in [-0.1, -0.05) is 6.07 Å². The molecule has 1 heterocycles. The van der Waals surface area contributed by atoms with Crippen LogP contribution in [0.15, 0.2) is 36.5 Å². The van der Waals surface area contributed by atoms with E-state index in [0.29, 0.717) is 18.5 Å². The van der Waals surface area contributed by atoms with Crippen molar-refractivity contribution in [3.63, 3.8) is 0 Å². The zero-order chi connectivity index (χ0) is 19.8. The van der Waals surface area contributed by atoms with Crippen molar-refractivity contribution in [1.82, 2.24) is 10.3 Å². The van der Waals surface area contributed by atoms with Crippen LogP contribution in [0.5, 0.6) is 0 Å². The average molecular weight is 382 g/mol. The fraction of sp³-hybridized carbons (Fsp3) is 0.333. The predicted octanol–water partition coefficient (Wildman–Crippen LogP) is 3.65. The van der Waals surface area contributed by atoms with Gasteiger partial charge in [0.2, 0.25) is 5.91 Å². The number of anilines is 2. The molecule has 1 saturated carbocycles. The summed E-state index contributed by atoms with van der Waals surface area (Å²) < 4.78 is 53.0. The van der Waals surface area contributed by atoms with Crippen LogP contribution in [0.1, 0.15) is 37.1 Å². The molecule has 2 aromatic rings. The highest BCUT2D eigenvalue weighted by Crippen LogP contribution is 2.37. The van der Waals surface area contributed by atoms with Gasteiger partial charge >= 0.3 is 6.18 Å². The van der Waals surface area contributed by atoms with Crippen LogP contribution in [0.25, 0.3) is 0 Å². The van der Waals surface area contributed by atoms with Gasteiger partial charge in [0.25, 0.3) is 0 Å². The summed E-state index contributed by atoms with van der Waals surface area (Å²) in [5, 5.41) is 5.17. The van der Waals surface area contributed by atoms with Crippen molar-refractivity contribution in [2.24, 2.45) is 5.73 Å².